The van der Waals surface area contributed by atoms with Crippen LogP contribution in [0.25, 0.3) is 21.8 Å². The number of anilines is 1. The molecule has 0 unspecified atom stereocenters. The summed E-state index contributed by atoms with van der Waals surface area (Å²) in [7, 11) is 0. The molecule has 172 valence electrons. The van der Waals surface area contributed by atoms with Crippen LogP contribution in [0.1, 0.15) is 6.42 Å². The number of rotatable bonds is 8. The van der Waals surface area contributed by atoms with Gasteiger partial charge in [0.1, 0.15) is 6.54 Å². The molecule has 2 N–H and O–H groups in total. The van der Waals surface area contributed by atoms with Crippen LogP contribution in [0.2, 0.25) is 0 Å². The monoisotopic (exact) mass is 457 g/mol. The van der Waals surface area contributed by atoms with Crippen molar-refractivity contribution in [1.82, 2.24) is 4.57 Å². The van der Waals surface area contributed by atoms with Gasteiger partial charge in [-0.2, -0.15) is 0 Å². The van der Waals surface area contributed by atoms with Crippen LogP contribution in [0.15, 0.2) is 83.7 Å². The maximum atomic E-state index is 12.8. The first-order valence-electron chi connectivity index (χ1n) is 10.8. The zero-order valence-electron chi connectivity index (χ0n) is 18.3. The second-order valence-electron chi connectivity index (χ2n) is 7.71. The number of para-hydroxylation sites is 3. The van der Waals surface area contributed by atoms with Gasteiger partial charge in [-0.15, -0.1) is 0 Å². The van der Waals surface area contributed by atoms with Gasteiger partial charge in [0.15, 0.2) is 12.0 Å². The van der Waals surface area contributed by atoms with E-state index >= 15 is 0 Å². The van der Waals surface area contributed by atoms with Gasteiger partial charge < -0.3 is 19.9 Å². The van der Waals surface area contributed by atoms with Crippen LogP contribution in [0.5, 0.6) is 0 Å². The quantitative estimate of drug-likeness (QED) is 0.323. The van der Waals surface area contributed by atoms with Crippen molar-refractivity contribution in [3.63, 3.8) is 0 Å². The molecule has 0 saturated heterocycles. The summed E-state index contributed by atoms with van der Waals surface area (Å²) in [5.74, 6) is -1.65. The second kappa shape index (κ2) is 9.99. The van der Waals surface area contributed by atoms with Crippen molar-refractivity contribution in [1.29, 1.82) is 0 Å². The van der Waals surface area contributed by atoms with Crippen molar-refractivity contribution in [2.75, 3.05) is 18.1 Å². The normalized spacial score (nSPS) is 10.8. The van der Waals surface area contributed by atoms with Crippen molar-refractivity contribution in [2.24, 2.45) is 5.73 Å². The first-order valence-corrected chi connectivity index (χ1v) is 10.8. The molecule has 0 aliphatic carbocycles. The molecule has 34 heavy (non-hydrogen) atoms. The fourth-order valence-electron chi connectivity index (χ4n) is 3.87. The Balaban J connectivity index is 1.55. The summed E-state index contributed by atoms with van der Waals surface area (Å²) in [6.45, 7) is -0.603. The third-order valence-electron chi connectivity index (χ3n) is 5.47. The van der Waals surface area contributed by atoms with Gasteiger partial charge in [-0.1, -0.05) is 42.5 Å². The number of amides is 2. The minimum absolute atomic E-state index is 0.0239. The number of fused-ring (bicyclic) bond motifs is 2. The average molecular weight is 457 g/mol. The van der Waals surface area contributed by atoms with Gasteiger partial charge >= 0.3 is 5.97 Å². The number of hydrogen-bond acceptors (Lipinski definition) is 5. The number of benzene rings is 3. The molecule has 0 fully saturated rings. The van der Waals surface area contributed by atoms with Crippen molar-refractivity contribution >= 4 is 45.3 Å². The molecular weight excluding hydrogens is 434 g/mol. The van der Waals surface area contributed by atoms with Crippen LogP contribution >= 0.6 is 0 Å². The largest absolute Gasteiger partial charge is 0.454 e. The number of hydrogen-bond donors (Lipinski definition) is 1. The van der Waals surface area contributed by atoms with Crippen molar-refractivity contribution < 1.29 is 19.1 Å². The molecule has 0 spiro atoms. The molecule has 1 aromatic heterocycles. The number of nitrogens with two attached hydrogens (primary N) is 1. The van der Waals surface area contributed by atoms with Crippen LogP contribution in [0, 0.1) is 0 Å². The maximum absolute atomic E-state index is 12.8. The summed E-state index contributed by atoms with van der Waals surface area (Å²) in [5.41, 5.74) is 6.90. The lowest BCUT2D eigenvalue weighted by atomic mass is 10.1. The molecule has 8 nitrogen and oxygen atoms in total. The lowest BCUT2D eigenvalue weighted by Gasteiger charge is -2.22. The first kappa shape index (κ1) is 22.7. The Hall–Kier alpha value is -4.46. The van der Waals surface area contributed by atoms with E-state index in [1.165, 1.54) is 4.90 Å². The molecule has 0 atom stereocenters. The van der Waals surface area contributed by atoms with Crippen LogP contribution in [-0.2, 0) is 25.7 Å². The molecule has 3 aromatic carbocycles. The maximum Gasteiger partial charge on any atom is 0.326 e. The molecule has 0 saturated carbocycles. The van der Waals surface area contributed by atoms with Crippen molar-refractivity contribution in [3.8, 4) is 0 Å². The van der Waals surface area contributed by atoms with Gasteiger partial charge in [0.2, 0.25) is 5.91 Å². The van der Waals surface area contributed by atoms with E-state index in [-0.39, 0.29) is 24.9 Å². The van der Waals surface area contributed by atoms with Crippen molar-refractivity contribution in [2.45, 2.75) is 13.0 Å². The van der Waals surface area contributed by atoms with E-state index < -0.39 is 24.4 Å². The predicted molar refractivity (Wildman–Crippen MR) is 129 cm³/mol. The zero-order chi connectivity index (χ0) is 24.1. The van der Waals surface area contributed by atoms with Gasteiger partial charge in [0.25, 0.3) is 5.91 Å². The topological polar surface area (TPSA) is 112 Å². The number of carbonyl (C=O) groups is 3. The third-order valence-corrected chi connectivity index (χ3v) is 5.47. The fraction of sp³-hybridized carbons (Fsp3) is 0.154. The van der Waals surface area contributed by atoms with Gasteiger partial charge in [0.05, 0.1) is 11.0 Å². The molecular formula is C26H23N3O5. The average Bonchev–Trinajstić information content (AvgIpc) is 2.86. The minimum Gasteiger partial charge on any atom is -0.454 e. The van der Waals surface area contributed by atoms with E-state index in [9.17, 15) is 19.2 Å². The molecule has 1 heterocycles. The summed E-state index contributed by atoms with van der Waals surface area (Å²) in [6.07, 6.45) is -0.0239. The highest BCUT2D eigenvalue weighted by atomic mass is 16.5. The van der Waals surface area contributed by atoms with Crippen LogP contribution in [0.4, 0.5) is 5.69 Å². The predicted octanol–water partition coefficient (Wildman–Crippen LogP) is 2.61. The lowest BCUT2D eigenvalue weighted by Crippen LogP contribution is -2.37. The minimum atomic E-state index is -0.629. The highest BCUT2D eigenvalue weighted by Gasteiger charge is 2.19. The molecule has 0 radical (unpaired) electrons. The summed E-state index contributed by atoms with van der Waals surface area (Å²) < 4.78 is 7.01. The SMILES string of the molecule is NC(=O)CCN(C(=O)COC(=O)Cn1c2ccccc2c(=O)c2ccccc21)c1ccccc1. The molecule has 4 rings (SSSR count). The standard InChI is InChI=1S/C26H23N3O5/c27-23(30)14-15-28(18-8-2-1-3-9-18)24(31)17-34-25(32)16-29-21-12-6-4-10-19(21)26(33)20-11-5-7-13-22(20)29/h1-13H,14-17H2,(H2,27,30). The molecule has 0 aliphatic rings. The van der Waals surface area contributed by atoms with E-state index in [4.69, 9.17) is 10.5 Å². The Kier molecular flexibility index (Phi) is 6.68. The number of nitrogens with zero attached hydrogens (tertiary/aromatic N) is 2. The van der Waals surface area contributed by atoms with Crippen molar-refractivity contribution in [3.05, 3.63) is 89.1 Å². The van der Waals surface area contributed by atoms with E-state index in [2.05, 4.69) is 0 Å². The number of carbonyl (C=O) groups excluding carboxylic acids is 3. The summed E-state index contributed by atoms with van der Waals surface area (Å²) in [4.78, 5) is 51.0. The first-order chi connectivity index (χ1) is 16.5. The Bertz CT molecular complexity index is 1370. The molecule has 8 heteroatoms. The highest BCUT2D eigenvalue weighted by molar-refractivity contribution is 5.97. The van der Waals surface area contributed by atoms with Gasteiger partial charge in [-0.05, 0) is 36.4 Å². The van der Waals surface area contributed by atoms with E-state index in [1.54, 1.807) is 83.4 Å². The molecule has 4 aromatic rings. The smallest absolute Gasteiger partial charge is 0.326 e. The summed E-state index contributed by atoms with van der Waals surface area (Å²) in [5, 5.41) is 0.985. The number of esters is 1. The third kappa shape index (κ3) is 4.80. The Labute approximate surface area is 195 Å². The van der Waals surface area contributed by atoms with E-state index in [0.29, 0.717) is 27.5 Å². The lowest BCUT2D eigenvalue weighted by molar-refractivity contribution is -0.148. The number of aromatic nitrogens is 1. The zero-order valence-corrected chi connectivity index (χ0v) is 18.3. The Morgan fingerprint density at radius 1 is 0.824 bits per heavy atom. The van der Waals surface area contributed by atoms with Gasteiger partial charge in [-0.25, -0.2) is 0 Å². The van der Waals surface area contributed by atoms with Gasteiger partial charge in [0, 0.05) is 29.4 Å². The second-order valence-corrected chi connectivity index (χ2v) is 7.71. The Morgan fingerprint density at radius 2 is 1.38 bits per heavy atom. The number of pyridine rings is 1. The van der Waals surface area contributed by atoms with Crippen LogP contribution in [0.3, 0.4) is 0 Å². The van der Waals surface area contributed by atoms with Crippen LogP contribution in [-0.4, -0.2) is 35.5 Å². The van der Waals surface area contributed by atoms with E-state index in [0.717, 1.165) is 0 Å². The Morgan fingerprint density at radius 3 is 1.97 bits per heavy atom. The highest BCUT2D eigenvalue weighted by Crippen LogP contribution is 2.19. The fourth-order valence-corrected chi connectivity index (χ4v) is 3.87. The van der Waals surface area contributed by atoms with Gasteiger partial charge in [-0.3, -0.25) is 19.2 Å². The summed E-state index contributed by atoms with van der Waals surface area (Å²) >= 11 is 0. The number of primary amides is 1. The molecule has 0 bridgehead atoms. The van der Waals surface area contributed by atoms with Crippen LogP contribution < -0.4 is 16.1 Å². The molecule has 0 aliphatic heterocycles. The van der Waals surface area contributed by atoms with E-state index in [1.807, 2.05) is 0 Å². The summed E-state index contributed by atoms with van der Waals surface area (Å²) in [6, 6.07) is 22.8. The molecule has 2 amide bonds. The number of ether oxygens (including phenoxy) is 1.